The minimum atomic E-state index is -0.405. The van der Waals surface area contributed by atoms with Crippen LogP contribution in [-0.4, -0.2) is 37.1 Å². The number of amides is 1. The predicted molar refractivity (Wildman–Crippen MR) is 62.0 cm³/mol. The average Bonchev–Trinajstić information content (AvgIpc) is 2.17. The Labute approximate surface area is 96.9 Å². The molecule has 0 heterocycles. The lowest BCUT2D eigenvalue weighted by atomic mass is 10.2. The number of rotatable bonds is 7. The van der Waals surface area contributed by atoms with Gasteiger partial charge in [-0.05, 0) is 27.2 Å². The van der Waals surface area contributed by atoms with E-state index in [0.717, 1.165) is 0 Å². The molecule has 0 saturated heterocycles. The van der Waals surface area contributed by atoms with Crippen LogP contribution in [0, 0.1) is 0 Å². The molecule has 16 heavy (non-hydrogen) atoms. The number of hydrogen-bond acceptors (Lipinski definition) is 4. The van der Waals surface area contributed by atoms with E-state index >= 15 is 0 Å². The molecule has 1 amide bonds. The number of ether oxygens (including phenoxy) is 1. The standard InChI is InChI=1S/C11H22N2O3/c1-5-9(11(15)16-6-2)12-7-10(14)13-8(3)4/h8-9,12H,5-7H2,1-4H3,(H,13,14). The second kappa shape index (κ2) is 8.10. The van der Waals surface area contributed by atoms with Crippen LogP contribution in [-0.2, 0) is 14.3 Å². The second-order valence-corrected chi connectivity index (χ2v) is 3.82. The zero-order valence-electron chi connectivity index (χ0n) is 10.5. The molecule has 0 aromatic carbocycles. The van der Waals surface area contributed by atoms with Gasteiger partial charge in [-0.15, -0.1) is 0 Å². The molecule has 1 atom stereocenters. The first kappa shape index (κ1) is 14.9. The molecule has 0 fully saturated rings. The monoisotopic (exact) mass is 230 g/mol. The lowest BCUT2D eigenvalue weighted by molar-refractivity contribution is -0.145. The molecule has 0 spiro atoms. The van der Waals surface area contributed by atoms with Gasteiger partial charge in [0.05, 0.1) is 13.2 Å². The summed E-state index contributed by atoms with van der Waals surface area (Å²) >= 11 is 0. The summed E-state index contributed by atoms with van der Waals surface area (Å²) in [5.41, 5.74) is 0. The summed E-state index contributed by atoms with van der Waals surface area (Å²) in [5, 5.41) is 5.61. The molecule has 0 bridgehead atoms. The van der Waals surface area contributed by atoms with Crippen molar-refractivity contribution in [3.05, 3.63) is 0 Å². The van der Waals surface area contributed by atoms with E-state index < -0.39 is 6.04 Å². The van der Waals surface area contributed by atoms with Gasteiger partial charge >= 0.3 is 5.97 Å². The molecular formula is C11H22N2O3. The fraction of sp³-hybridized carbons (Fsp3) is 0.818. The summed E-state index contributed by atoms with van der Waals surface area (Å²) in [7, 11) is 0. The number of carbonyl (C=O) groups excluding carboxylic acids is 2. The first-order valence-electron chi connectivity index (χ1n) is 5.70. The van der Waals surface area contributed by atoms with Crippen molar-refractivity contribution in [1.82, 2.24) is 10.6 Å². The van der Waals surface area contributed by atoms with Crippen molar-refractivity contribution in [2.24, 2.45) is 0 Å². The minimum absolute atomic E-state index is 0.108. The highest BCUT2D eigenvalue weighted by Gasteiger charge is 2.17. The predicted octanol–water partition coefficient (Wildman–Crippen LogP) is 0.442. The zero-order chi connectivity index (χ0) is 12.6. The lowest BCUT2D eigenvalue weighted by Gasteiger charge is -2.15. The van der Waals surface area contributed by atoms with Gasteiger partial charge in [0, 0.05) is 6.04 Å². The lowest BCUT2D eigenvalue weighted by Crippen LogP contribution is -2.44. The molecular weight excluding hydrogens is 208 g/mol. The maximum Gasteiger partial charge on any atom is 0.323 e. The third-order valence-electron chi connectivity index (χ3n) is 1.94. The van der Waals surface area contributed by atoms with E-state index in [4.69, 9.17) is 4.74 Å². The van der Waals surface area contributed by atoms with Crippen LogP contribution >= 0.6 is 0 Å². The second-order valence-electron chi connectivity index (χ2n) is 3.82. The number of nitrogens with one attached hydrogen (secondary N) is 2. The van der Waals surface area contributed by atoms with E-state index in [0.29, 0.717) is 13.0 Å². The topological polar surface area (TPSA) is 67.4 Å². The summed E-state index contributed by atoms with van der Waals surface area (Å²) in [4.78, 5) is 22.7. The fourth-order valence-corrected chi connectivity index (χ4v) is 1.23. The van der Waals surface area contributed by atoms with Gasteiger partial charge in [-0.2, -0.15) is 0 Å². The number of carbonyl (C=O) groups is 2. The van der Waals surface area contributed by atoms with Crippen LogP contribution in [0.25, 0.3) is 0 Å². The molecule has 5 heteroatoms. The van der Waals surface area contributed by atoms with Gasteiger partial charge in [-0.3, -0.25) is 14.9 Å². The van der Waals surface area contributed by atoms with Crippen LogP contribution in [0.5, 0.6) is 0 Å². The van der Waals surface area contributed by atoms with E-state index in [9.17, 15) is 9.59 Å². The van der Waals surface area contributed by atoms with E-state index in [2.05, 4.69) is 10.6 Å². The van der Waals surface area contributed by atoms with Gasteiger partial charge in [0.1, 0.15) is 6.04 Å². The van der Waals surface area contributed by atoms with Crippen molar-refractivity contribution in [1.29, 1.82) is 0 Å². The molecule has 0 aromatic heterocycles. The van der Waals surface area contributed by atoms with Crippen molar-refractivity contribution < 1.29 is 14.3 Å². The Morgan fingerprint density at radius 2 is 1.88 bits per heavy atom. The molecule has 0 aliphatic carbocycles. The summed E-state index contributed by atoms with van der Waals surface area (Å²) in [6.45, 7) is 7.90. The van der Waals surface area contributed by atoms with Gasteiger partial charge in [-0.1, -0.05) is 6.92 Å². The van der Waals surface area contributed by atoms with Crippen LogP contribution in [0.4, 0.5) is 0 Å². The van der Waals surface area contributed by atoms with Crippen molar-refractivity contribution in [3.8, 4) is 0 Å². The number of esters is 1. The molecule has 0 radical (unpaired) electrons. The average molecular weight is 230 g/mol. The summed E-state index contributed by atoms with van der Waals surface area (Å²) < 4.78 is 4.88. The van der Waals surface area contributed by atoms with Crippen molar-refractivity contribution in [2.45, 2.75) is 46.2 Å². The molecule has 0 rings (SSSR count). The SMILES string of the molecule is CCOC(=O)C(CC)NCC(=O)NC(C)C. The first-order valence-corrected chi connectivity index (χ1v) is 5.70. The highest BCUT2D eigenvalue weighted by Crippen LogP contribution is 1.94. The van der Waals surface area contributed by atoms with Gasteiger partial charge < -0.3 is 10.1 Å². The maximum atomic E-state index is 11.4. The van der Waals surface area contributed by atoms with E-state index in [1.54, 1.807) is 6.92 Å². The van der Waals surface area contributed by atoms with E-state index in [1.165, 1.54) is 0 Å². The van der Waals surface area contributed by atoms with Crippen molar-refractivity contribution in [2.75, 3.05) is 13.2 Å². The molecule has 0 aromatic rings. The van der Waals surface area contributed by atoms with Crippen LogP contribution in [0.15, 0.2) is 0 Å². The van der Waals surface area contributed by atoms with Crippen molar-refractivity contribution >= 4 is 11.9 Å². The first-order chi connectivity index (χ1) is 7.51. The highest BCUT2D eigenvalue weighted by atomic mass is 16.5. The molecule has 0 aliphatic heterocycles. The molecule has 94 valence electrons. The fourth-order valence-electron chi connectivity index (χ4n) is 1.23. The van der Waals surface area contributed by atoms with Crippen LogP contribution in [0.1, 0.15) is 34.1 Å². The maximum absolute atomic E-state index is 11.4. The molecule has 1 unspecified atom stereocenters. The van der Waals surface area contributed by atoms with Gasteiger partial charge in [-0.25, -0.2) is 0 Å². The molecule has 0 saturated carbocycles. The highest BCUT2D eigenvalue weighted by molar-refractivity contribution is 5.80. The summed E-state index contributed by atoms with van der Waals surface area (Å²) in [5.74, 6) is -0.417. The van der Waals surface area contributed by atoms with Gasteiger partial charge in [0.2, 0.25) is 5.91 Å². The number of hydrogen-bond donors (Lipinski definition) is 2. The third kappa shape index (κ3) is 6.40. The van der Waals surface area contributed by atoms with E-state index in [-0.39, 0.29) is 24.5 Å². The molecule has 2 N–H and O–H groups in total. The molecule has 0 aliphatic rings. The zero-order valence-corrected chi connectivity index (χ0v) is 10.5. The largest absolute Gasteiger partial charge is 0.465 e. The Morgan fingerprint density at radius 3 is 2.31 bits per heavy atom. The van der Waals surface area contributed by atoms with Crippen molar-refractivity contribution in [3.63, 3.8) is 0 Å². The Hall–Kier alpha value is -1.10. The normalized spacial score (nSPS) is 12.3. The quantitative estimate of drug-likeness (QED) is 0.623. The Bertz CT molecular complexity index is 229. The summed E-state index contributed by atoms with van der Waals surface area (Å²) in [6, 6.07) is -0.296. The van der Waals surface area contributed by atoms with Gasteiger partial charge in [0.15, 0.2) is 0 Å². The Balaban J connectivity index is 3.95. The van der Waals surface area contributed by atoms with Crippen LogP contribution in [0.2, 0.25) is 0 Å². The summed E-state index contributed by atoms with van der Waals surface area (Å²) in [6.07, 6.45) is 0.605. The minimum Gasteiger partial charge on any atom is -0.465 e. The smallest absolute Gasteiger partial charge is 0.323 e. The van der Waals surface area contributed by atoms with Crippen LogP contribution in [0.3, 0.4) is 0 Å². The van der Waals surface area contributed by atoms with Crippen LogP contribution < -0.4 is 10.6 Å². The van der Waals surface area contributed by atoms with Gasteiger partial charge in [0.25, 0.3) is 0 Å². The Morgan fingerprint density at radius 1 is 1.25 bits per heavy atom. The van der Waals surface area contributed by atoms with E-state index in [1.807, 2.05) is 20.8 Å². The Kier molecular flexibility index (Phi) is 7.54. The molecule has 5 nitrogen and oxygen atoms in total. The third-order valence-corrected chi connectivity index (χ3v) is 1.94.